The fraction of sp³-hybridized carbons (Fsp3) is 0.700. The monoisotopic (exact) mass is 242 g/mol. The molecule has 1 N–H and O–H groups in total. The van der Waals surface area contributed by atoms with Crippen molar-refractivity contribution in [3.63, 3.8) is 0 Å². The van der Waals surface area contributed by atoms with Crippen LogP contribution in [0.1, 0.15) is 27.7 Å². The Morgan fingerprint density at radius 3 is 2.56 bits per heavy atom. The van der Waals surface area contributed by atoms with E-state index < -0.39 is 0 Å². The van der Waals surface area contributed by atoms with E-state index in [0.717, 1.165) is 6.54 Å². The van der Waals surface area contributed by atoms with E-state index in [-0.39, 0.29) is 0 Å². The smallest absolute Gasteiger partial charge is 0.322 e. The van der Waals surface area contributed by atoms with Crippen molar-refractivity contribution in [1.82, 2.24) is 15.0 Å². The molecule has 0 aliphatic rings. The Morgan fingerprint density at radius 2 is 2.00 bits per heavy atom. The van der Waals surface area contributed by atoms with E-state index in [2.05, 4.69) is 34.1 Å². The molecule has 0 aromatic carbocycles. The van der Waals surface area contributed by atoms with Crippen LogP contribution in [0.15, 0.2) is 5.16 Å². The molecule has 0 fully saturated rings. The summed E-state index contributed by atoms with van der Waals surface area (Å²) in [7, 11) is 0. The minimum atomic E-state index is 0.386. The Kier molecular flexibility index (Phi) is 5.31. The van der Waals surface area contributed by atoms with Gasteiger partial charge in [0.1, 0.15) is 0 Å². The lowest BCUT2D eigenvalue weighted by atomic mass is 10.6. The summed E-state index contributed by atoms with van der Waals surface area (Å²) in [5.41, 5.74) is 0. The van der Waals surface area contributed by atoms with Gasteiger partial charge in [0.25, 0.3) is 0 Å². The van der Waals surface area contributed by atoms with Crippen LogP contribution in [0.2, 0.25) is 0 Å². The summed E-state index contributed by atoms with van der Waals surface area (Å²) >= 11 is 1.60. The van der Waals surface area contributed by atoms with Gasteiger partial charge in [-0.1, -0.05) is 25.6 Å². The Labute approximate surface area is 100 Å². The van der Waals surface area contributed by atoms with Crippen molar-refractivity contribution in [3.8, 4) is 6.01 Å². The molecule has 1 aromatic rings. The number of nitrogens with zero attached hydrogens (tertiary/aromatic N) is 3. The number of hydrogen-bond acceptors (Lipinski definition) is 6. The lowest BCUT2D eigenvalue weighted by Crippen LogP contribution is -2.07. The Balaban J connectivity index is 2.88. The molecule has 0 unspecified atom stereocenters. The highest BCUT2D eigenvalue weighted by Crippen LogP contribution is 2.21. The van der Waals surface area contributed by atoms with Gasteiger partial charge < -0.3 is 10.1 Å². The lowest BCUT2D eigenvalue weighted by Gasteiger charge is -2.08. The van der Waals surface area contributed by atoms with Crippen LogP contribution in [-0.4, -0.2) is 33.4 Å². The second kappa shape index (κ2) is 6.52. The second-order valence-electron chi connectivity index (χ2n) is 3.35. The molecule has 6 heteroatoms. The zero-order chi connectivity index (χ0) is 12.0. The number of anilines is 1. The quantitative estimate of drug-likeness (QED) is 0.772. The highest BCUT2D eigenvalue weighted by Gasteiger charge is 2.08. The molecule has 0 atom stereocenters. The van der Waals surface area contributed by atoms with Crippen LogP contribution in [0.4, 0.5) is 5.95 Å². The molecular weight excluding hydrogens is 224 g/mol. The van der Waals surface area contributed by atoms with Crippen LogP contribution in [0, 0.1) is 0 Å². The maximum absolute atomic E-state index is 5.30. The molecule has 0 saturated carbocycles. The SMILES string of the molecule is CCNc1nc(OCC)nc(SC(C)C)n1. The topological polar surface area (TPSA) is 59.9 Å². The molecule has 90 valence electrons. The van der Waals surface area contributed by atoms with E-state index in [1.54, 1.807) is 11.8 Å². The lowest BCUT2D eigenvalue weighted by molar-refractivity contribution is 0.308. The first kappa shape index (κ1) is 13.0. The standard InChI is InChI=1S/C10H18N4OS/c1-5-11-8-12-9(15-6-2)14-10(13-8)16-7(3)4/h7H,5-6H2,1-4H3,(H,11,12,13,14). The molecule has 0 aliphatic heterocycles. The van der Waals surface area contributed by atoms with Crippen molar-refractivity contribution in [3.05, 3.63) is 0 Å². The minimum absolute atomic E-state index is 0.386. The molecular formula is C10H18N4OS. The second-order valence-corrected chi connectivity index (χ2v) is 4.90. The van der Waals surface area contributed by atoms with E-state index in [1.165, 1.54) is 0 Å². The molecule has 1 rings (SSSR count). The Morgan fingerprint density at radius 1 is 1.25 bits per heavy atom. The van der Waals surface area contributed by atoms with Crippen molar-refractivity contribution in [2.24, 2.45) is 0 Å². The van der Waals surface area contributed by atoms with Gasteiger partial charge in [-0.2, -0.15) is 15.0 Å². The van der Waals surface area contributed by atoms with Gasteiger partial charge in [0.15, 0.2) is 5.16 Å². The average molecular weight is 242 g/mol. The largest absolute Gasteiger partial charge is 0.464 e. The van der Waals surface area contributed by atoms with Crippen molar-refractivity contribution in [2.45, 2.75) is 38.1 Å². The van der Waals surface area contributed by atoms with E-state index in [9.17, 15) is 0 Å². The van der Waals surface area contributed by atoms with Crippen LogP contribution in [0.3, 0.4) is 0 Å². The number of aromatic nitrogens is 3. The van der Waals surface area contributed by atoms with Crippen molar-refractivity contribution < 1.29 is 4.74 Å². The molecule has 16 heavy (non-hydrogen) atoms. The van der Waals surface area contributed by atoms with Gasteiger partial charge in [-0.15, -0.1) is 0 Å². The van der Waals surface area contributed by atoms with Gasteiger partial charge in [-0.3, -0.25) is 0 Å². The fourth-order valence-corrected chi connectivity index (χ4v) is 1.72. The predicted molar refractivity (Wildman–Crippen MR) is 66.2 cm³/mol. The zero-order valence-corrected chi connectivity index (χ0v) is 11.0. The van der Waals surface area contributed by atoms with E-state index >= 15 is 0 Å². The fourth-order valence-electron chi connectivity index (χ4n) is 1.03. The molecule has 0 saturated heterocycles. The van der Waals surface area contributed by atoms with Crippen LogP contribution in [0.5, 0.6) is 6.01 Å². The first-order chi connectivity index (χ1) is 7.65. The molecule has 0 spiro atoms. The van der Waals surface area contributed by atoms with Crippen LogP contribution < -0.4 is 10.1 Å². The van der Waals surface area contributed by atoms with Crippen LogP contribution >= 0.6 is 11.8 Å². The molecule has 1 aromatic heterocycles. The summed E-state index contributed by atoms with van der Waals surface area (Å²) in [6, 6.07) is 0.386. The summed E-state index contributed by atoms with van der Waals surface area (Å²) in [5.74, 6) is 0.573. The van der Waals surface area contributed by atoms with Crippen molar-refractivity contribution in [1.29, 1.82) is 0 Å². The van der Waals surface area contributed by atoms with E-state index in [0.29, 0.717) is 29.0 Å². The predicted octanol–water partition coefficient (Wildman–Crippen LogP) is 2.20. The number of nitrogens with one attached hydrogen (secondary N) is 1. The van der Waals surface area contributed by atoms with Gasteiger partial charge >= 0.3 is 6.01 Å². The first-order valence-corrected chi connectivity index (χ1v) is 6.33. The molecule has 0 aliphatic carbocycles. The zero-order valence-electron chi connectivity index (χ0n) is 10.1. The maximum Gasteiger partial charge on any atom is 0.322 e. The summed E-state index contributed by atoms with van der Waals surface area (Å²) in [5, 5.41) is 4.20. The number of ether oxygens (including phenoxy) is 1. The van der Waals surface area contributed by atoms with Gasteiger partial charge in [0, 0.05) is 11.8 Å². The van der Waals surface area contributed by atoms with E-state index in [4.69, 9.17) is 4.74 Å². The maximum atomic E-state index is 5.30. The summed E-state index contributed by atoms with van der Waals surface area (Å²) in [6.45, 7) is 9.44. The van der Waals surface area contributed by atoms with Crippen molar-refractivity contribution in [2.75, 3.05) is 18.5 Å². The third kappa shape index (κ3) is 4.22. The van der Waals surface area contributed by atoms with Gasteiger partial charge in [0.05, 0.1) is 6.61 Å². The van der Waals surface area contributed by atoms with E-state index in [1.807, 2.05) is 13.8 Å². The van der Waals surface area contributed by atoms with Gasteiger partial charge in [0.2, 0.25) is 5.95 Å². The molecule has 0 bridgehead atoms. The van der Waals surface area contributed by atoms with Crippen molar-refractivity contribution >= 4 is 17.7 Å². The molecule has 0 amide bonds. The Bertz CT molecular complexity index is 308. The third-order valence-electron chi connectivity index (χ3n) is 1.54. The minimum Gasteiger partial charge on any atom is -0.464 e. The molecule has 0 radical (unpaired) electrons. The van der Waals surface area contributed by atoms with Gasteiger partial charge in [-0.25, -0.2) is 0 Å². The normalized spacial score (nSPS) is 10.6. The first-order valence-electron chi connectivity index (χ1n) is 5.45. The highest BCUT2D eigenvalue weighted by atomic mass is 32.2. The number of hydrogen-bond donors (Lipinski definition) is 1. The van der Waals surface area contributed by atoms with Gasteiger partial charge in [-0.05, 0) is 13.8 Å². The third-order valence-corrected chi connectivity index (χ3v) is 2.41. The average Bonchev–Trinajstić information content (AvgIpc) is 2.17. The molecule has 1 heterocycles. The summed E-state index contributed by atoms with van der Waals surface area (Å²) < 4.78 is 5.30. The number of rotatable bonds is 6. The Hall–Kier alpha value is -1.04. The van der Waals surface area contributed by atoms with Crippen LogP contribution in [-0.2, 0) is 0 Å². The highest BCUT2D eigenvalue weighted by molar-refractivity contribution is 7.99. The summed E-state index contributed by atoms with van der Waals surface area (Å²) in [6.07, 6.45) is 0. The van der Waals surface area contributed by atoms with Crippen LogP contribution in [0.25, 0.3) is 0 Å². The molecule has 5 nitrogen and oxygen atoms in total. The number of thioether (sulfide) groups is 1. The summed E-state index contributed by atoms with van der Waals surface area (Å²) in [4.78, 5) is 12.7.